The summed E-state index contributed by atoms with van der Waals surface area (Å²) in [7, 11) is 0. The van der Waals surface area contributed by atoms with Crippen LogP contribution in [0.25, 0.3) is 0 Å². The van der Waals surface area contributed by atoms with Crippen LogP contribution in [0.15, 0.2) is 16.7 Å². The van der Waals surface area contributed by atoms with E-state index in [9.17, 15) is 4.79 Å². The zero-order valence-electron chi connectivity index (χ0n) is 11.1. The molecule has 0 aliphatic rings. The molecule has 0 spiro atoms. The SMILES string of the molecule is CC(C)(C)OC(=O)NCC#Cc1cc(Br)cnc1N. The van der Waals surface area contributed by atoms with Crippen molar-refractivity contribution in [2.75, 3.05) is 12.3 Å². The third-order valence-corrected chi connectivity index (χ3v) is 2.26. The van der Waals surface area contributed by atoms with Gasteiger partial charge < -0.3 is 15.8 Å². The standard InChI is InChI=1S/C13H16BrN3O2/c1-13(2,3)19-12(18)16-6-4-5-9-7-10(14)8-17-11(9)15/h7-8H,6H2,1-3H3,(H2,15,17)(H,16,18). The van der Waals surface area contributed by atoms with Gasteiger partial charge in [0.05, 0.1) is 12.1 Å². The van der Waals surface area contributed by atoms with Gasteiger partial charge in [0.2, 0.25) is 0 Å². The van der Waals surface area contributed by atoms with E-state index >= 15 is 0 Å². The maximum Gasteiger partial charge on any atom is 0.408 e. The van der Waals surface area contributed by atoms with Gasteiger partial charge in [-0.3, -0.25) is 0 Å². The number of nitrogens with two attached hydrogens (primary N) is 1. The van der Waals surface area contributed by atoms with Crippen LogP contribution in [0.3, 0.4) is 0 Å². The predicted octanol–water partition coefficient (Wildman–Crippen LogP) is 2.30. The number of nitrogen functional groups attached to an aromatic ring is 1. The number of rotatable bonds is 1. The van der Waals surface area contributed by atoms with Crippen LogP contribution in [-0.4, -0.2) is 23.2 Å². The van der Waals surface area contributed by atoms with Crippen molar-refractivity contribution in [2.45, 2.75) is 26.4 Å². The minimum atomic E-state index is -0.518. The number of pyridine rings is 1. The van der Waals surface area contributed by atoms with Crippen molar-refractivity contribution >= 4 is 27.8 Å². The minimum absolute atomic E-state index is 0.181. The van der Waals surface area contributed by atoms with Crippen LogP contribution in [0.1, 0.15) is 26.3 Å². The summed E-state index contributed by atoms with van der Waals surface area (Å²) < 4.78 is 5.87. The molecule has 19 heavy (non-hydrogen) atoms. The second kappa shape index (κ2) is 6.43. The normalized spacial score (nSPS) is 10.3. The Morgan fingerprint density at radius 3 is 2.89 bits per heavy atom. The first-order valence-electron chi connectivity index (χ1n) is 5.64. The highest BCUT2D eigenvalue weighted by molar-refractivity contribution is 9.10. The second-order valence-electron chi connectivity index (χ2n) is 4.74. The van der Waals surface area contributed by atoms with Crippen molar-refractivity contribution in [3.8, 4) is 11.8 Å². The molecular weight excluding hydrogens is 310 g/mol. The monoisotopic (exact) mass is 325 g/mol. The van der Waals surface area contributed by atoms with Gasteiger partial charge >= 0.3 is 6.09 Å². The van der Waals surface area contributed by atoms with E-state index in [-0.39, 0.29) is 6.54 Å². The van der Waals surface area contributed by atoms with Crippen LogP contribution in [-0.2, 0) is 4.74 Å². The van der Waals surface area contributed by atoms with Crippen LogP contribution in [0.2, 0.25) is 0 Å². The van der Waals surface area contributed by atoms with Crippen molar-refractivity contribution in [1.29, 1.82) is 0 Å². The fourth-order valence-corrected chi connectivity index (χ4v) is 1.45. The zero-order valence-corrected chi connectivity index (χ0v) is 12.7. The highest BCUT2D eigenvalue weighted by Crippen LogP contribution is 2.13. The molecule has 102 valence electrons. The number of aromatic nitrogens is 1. The molecule has 1 aromatic heterocycles. The average molecular weight is 326 g/mol. The van der Waals surface area contributed by atoms with Gasteiger partial charge in [-0.2, -0.15) is 0 Å². The number of hydrogen-bond acceptors (Lipinski definition) is 4. The molecule has 1 aromatic rings. The molecule has 0 saturated carbocycles. The van der Waals surface area contributed by atoms with Crippen LogP contribution < -0.4 is 11.1 Å². The molecule has 0 aliphatic carbocycles. The van der Waals surface area contributed by atoms with Crippen LogP contribution in [0.4, 0.5) is 10.6 Å². The smallest absolute Gasteiger partial charge is 0.408 e. The van der Waals surface area contributed by atoms with Gasteiger partial charge in [0.1, 0.15) is 11.4 Å². The molecule has 5 nitrogen and oxygen atoms in total. The summed E-state index contributed by atoms with van der Waals surface area (Å²) in [6.45, 7) is 5.57. The van der Waals surface area contributed by atoms with Gasteiger partial charge in [0, 0.05) is 10.7 Å². The van der Waals surface area contributed by atoms with E-state index < -0.39 is 11.7 Å². The Balaban J connectivity index is 2.52. The number of alkyl carbamates (subject to hydrolysis) is 1. The Morgan fingerprint density at radius 2 is 2.26 bits per heavy atom. The summed E-state index contributed by atoms with van der Waals surface area (Å²) in [5.74, 6) is 5.97. The van der Waals surface area contributed by atoms with Crippen molar-refractivity contribution < 1.29 is 9.53 Å². The number of anilines is 1. The summed E-state index contributed by atoms with van der Waals surface area (Å²) in [4.78, 5) is 15.3. The molecule has 0 radical (unpaired) electrons. The predicted molar refractivity (Wildman–Crippen MR) is 77.5 cm³/mol. The lowest BCUT2D eigenvalue weighted by atomic mass is 10.2. The maximum atomic E-state index is 11.3. The highest BCUT2D eigenvalue weighted by atomic mass is 79.9. The Morgan fingerprint density at radius 1 is 1.58 bits per heavy atom. The molecular formula is C13H16BrN3O2. The number of carbonyl (C=O) groups is 1. The molecule has 0 unspecified atom stereocenters. The number of carbonyl (C=O) groups excluding carboxylic acids is 1. The van der Waals surface area contributed by atoms with E-state index in [2.05, 4.69) is 38.1 Å². The molecule has 6 heteroatoms. The quantitative estimate of drug-likeness (QED) is 0.777. The lowest BCUT2D eigenvalue weighted by Crippen LogP contribution is -2.32. The summed E-state index contributed by atoms with van der Waals surface area (Å²) in [5.41, 5.74) is 5.76. The van der Waals surface area contributed by atoms with E-state index in [0.717, 1.165) is 4.47 Å². The second-order valence-corrected chi connectivity index (χ2v) is 5.66. The summed E-state index contributed by atoms with van der Waals surface area (Å²) in [6.07, 6.45) is 1.10. The van der Waals surface area contributed by atoms with Crippen molar-refractivity contribution in [3.05, 3.63) is 22.3 Å². The van der Waals surface area contributed by atoms with Gasteiger partial charge in [-0.05, 0) is 42.8 Å². The molecule has 0 atom stereocenters. The Hall–Kier alpha value is -1.74. The Labute approximate surface area is 121 Å². The summed E-state index contributed by atoms with van der Waals surface area (Å²) in [6, 6.07) is 1.77. The molecule has 1 heterocycles. The summed E-state index contributed by atoms with van der Waals surface area (Å²) >= 11 is 3.29. The van der Waals surface area contributed by atoms with Gasteiger partial charge in [-0.15, -0.1) is 0 Å². The minimum Gasteiger partial charge on any atom is -0.444 e. The molecule has 0 bridgehead atoms. The highest BCUT2D eigenvalue weighted by Gasteiger charge is 2.14. The van der Waals surface area contributed by atoms with E-state index in [1.807, 2.05) is 0 Å². The number of halogens is 1. The van der Waals surface area contributed by atoms with Crippen LogP contribution >= 0.6 is 15.9 Å². The fourth-order valence-electron chi connectivity index (χ4n) is 1.12. The van der Waals surface area contributed by atoms with E-state index in [1.54, 1.807) is 33.0 Å². The van der Waals surface area contributed by atoms with Crippen LogP contribution in [0, 0.1) is 11.8 Å². The third-order valence-electron chi connectivity index (χ3n) is 1.83. The first-order valence-corrected chi connectivity index (χ1v) is 6.44. The molecule has 0 saturated heterocycles. The Kier molecular flexibility index (Phi) is 5.19. The van der Waals surface area contributed by atoms with Gasteiger partial charge in [0.25, 0.3) is 0 Å². The van der Waals surface area contributed by atoms with E-state index in [4.69, 9.17) is 10.5 Å². The Bertz CT molecular complexity index is 527. The summed E-state index contributed by atoms with van der Waals surface area (Å²) in [5, 5.41) is 2.54. The first kappa shape index (κ1) is 15.3. The average Bonchev–Trinajstić information content (AvgIpc) is 2.26. The topological polar surface area (TPSA) is 77.2 Å². The number of ether oxygens (including phenoxy) is 1. The number of amides is 1. The maximum absolute atomic E-state index is 11.3. The number of nitrogens with zero attached hydrogens (tertiary/aromatic N) is 1. The molecule has 0 aliphatic heterocycles. The van der Waals surface area contributed by atoms with Crippen molar-refractivity contribution in [1.82, 2.24) is 10.3 Å². The zero-order chi connectivity index (χ0) is 14.5. The molecule has 1 amide bonds. The van der Waals surface area contributed by atoms with Crippen molar-refractivity contribution in [3.63, 3.8) is 0 Å². The molecule has 0 aromatic carbocycles. The lowest BCUT2D eigenvalue weighted by Gasteiger charge is -2.19. The fraction of sp³-hybridized carbons (Fsp3) is 0.385. The number of nitrogens with one attached hydrogen (secondary N) is 1. The molecule has 3 N–H and O–H groups in total. The first-order chi connectivity index (χ1) is 8.78. The number of hydrogen-bond donors (Lipinski definition) is 2. The third kappa shape index (κ3) is 6.11. The molecule has 0 fully saturated rings. The largest absolute Gasteiger partial charge is 0.444 e. The lowest BCUT2D eigenvalue weighted by molar-refractivity contribution is 0.0535. The van der Waals surface area contributed by atoms with Gasteiger partial charge in [-0.1, -0.05) is 11.8 Å². The van der Waals surface area contributed by atoms with E-state index in [0.29, 0.717) is 11.4 Å². The van der Waals surface area contributed by atoms with E-state index in [1.165, 1.54) is 0 Å². The van der Waals surface area contributed by atoms with Crippen LogP contribution in [0.5, 0.6) is 0 Å². The van der Waals surface area contributed by atoms with Crippen molar-refractivity contribution in [2.24, 2.45) is 0 Å². The molecule has 1 rings (SSSR count). The van der Waals surface area contributed by atoms with Gasteiger partial charge in [0.15, 0.2) is 0 Å². The van der Waals surface area contributed by atoms with Gasteiger partial charge in [-0.25, -0.2) is 9.78 Å².